The molecule has 0 heterocycles. The van der Waals surface area contributed by atoms with E-state index in [-0.39, 0.29) is 15.7 Å². The Bertz CT molecular complexity index is 731. The predicted molar refractivity (Wildman–Crippen MR) is 96.6 cm³/mol. The van der Waals surface area contributed by atoms with Crippen molar-refractivity contribution in [3.63, 3.8) is 0 Å². The van der Waals surface area contributed by atoms with E-state index in [1.165, 1.54) is 12.1 Å². The lowest BCUT2D eigenvalue weighted by molar-refractivity contribution is 0.0978. The molecule has 0 aromatic heterocycles. The summed E-state index contributed by atoms with van der Waals surface area (Å²) < 4.78 is 0. The highest BCUT2D eigenvalue weighted by molar-refractivity contribution is 7.80. The van der Waals surface area contributed by atoms with Crippen LogP contribution in [0.5, 0.6) is 0 Å². The number of halogens is 4. The Hall–Kier alpha value is -1.04. The van der Waals surface area contributed by atoms with Crippen molar-refractivity contribution in [3.05, 3.63) is 62.1 Å². The van der Waals surface area contributed by atoms with E-state index in [0.29, 0.717) is 20.8 Å². The monoisotopic (exact) mass is 392 g/mol. The first-order chi connectivity index (χ1) is 10.4. The summed E-state index contributed by atoms with van der Waals surface area (Å²) in [6.07, 6.45) is 0. The number of carbonyl (C=O) groups is 1. The number of nitrogens with one attached hydrogen (secondary N) is 2. The molecular weight excluding hydrogens is 386 g/mol. The number of benzene rings is 2. The summed E-state index contributed by atoms with van der Waals surface area (Å²) in [6.45, 7) is 0. The van der Waals surface area contributed by atoms with E-state index in [1.54, 1.807) is 24.3 Å². The lowest BCUT2D eigenvalue weighted by Gasteiger charge is -2.12. The van der Waals surface area contributed by atoms with Crippen LogP contribution in [-0.4, -0.2) is 11.0 Å². The van der Waals surface area contributed by atoms with E-state index >= 15 is 0 Å². The van der Waals surface area contributed by atoms with Crippen LogP contribution in [0, 0.1) is 0 Å². The van der Waals surface area contributed by atoms with E-state index in [0.717, 1.165) is 0 Å². The number of para-hydroxylation sites is 1. The Labute approximate surface area is 152 Å². The van der Waals surface area contributed by atoms with Crippen molar-refractivity contribution in [2.45, 2.75) is 0 Å². The molecule has 2 N–H and O–H groups in total. The molecule has 0 atom stereocenters. The van der Waals surface area contributed by atoms with Crippen LogP contribution in [0.1, 0.15) is 10.4 Å². The third-order valence-electron chi connectivity index (χ3n) is 2.60. The second-order valence-corrected chi connectivity index (χ2v) is 6.20. The zero-order valence-corrected chi connectivity index (χ0v) is 14.6. The van der Waals surface area contributed by atoms with Crippen molar-refractivity contribution in [2.75, 3.05) is 5.32 Å². The van der Waals surface area contributed by atoms with Gasteiger partial charge in [-0.1, -0.05) is 52.5 Å². The van der Waals surface area contributed by atoms with Gasteiger partial charge in [0.15, 0.2) is 5.11 Å². The van der Waals surface area contributed by atoms with Gasteiger partial charge in [0.2, 0.25) is 0 Å². The maximum absolute atomic E-state index is 12.1. The third kappa shape index (κ3) is 4.24. The van der Waals surface area contributed by atoms with Gasteiger partial charge < -0.3 is 5.32 Å². The van der Waals surface area contributed by atoms with Crippen molar-refractivity contribution < 1.29 is 4.79 Å². The summed E-state index contributed by atoms with van der Waals surface area (Å²) in [5.74, 6) is -0.470. The lowest BCUT2D eigenvalue weighted by Crippen LogP contribution is -2.34. The van der Waals surface area contributed by atoms with Crippen LogP contribution in [0.15, 0.2) is 36.4 Å². The molecule has 0 saturated carbocycles. The van der Waals surface area contributed by atoms with E-state index in [4.69, 9.17) is 58.6 Å². The van der Waals surface area contributed by atoms with Crippen LogP contribution < -0.4 is 10.6 Å². The average Bonchev–Trinajstić information content (AvgIpc) is 2.42. The molecule has 22 heavy (non-hydrogen) atoms. The SMILES string of the molecule is O=C(NC(=S)Nc1c(Cl)cccc1Cl)c1ccc(Cl)cc1Cl. The van der Waals surface area contributed by atoms with Gasteiger partial charge in [0.25, 0.3) is 5.91 Å². The summed E-state index contributed by atoms with van der Waals surface area (Å²) in [5.41, 5.74) is 0.666. The Morgan fingerprint density at radius 1 is 0.955 bits per heavy atom. The standard InChI is InChI=1S/C14H8Cl4N2OS/c15-7-4-5-8(11(18)6-7)13(21)20-14(22)19-12-9(16)2-1-3-10(12)17/h1-6H,(H2,19,20,21,22). The number of thiocarbonyl (C=S) groups is 1. The molecule has 0 radical (unpaired) electrons. The van der Waals surface area contributed by atoms with E-state index in [9.17, 15) is 4.79 Å². The van der Waals surface area contributed by atoms with Gasteiger partial charge >= 0.3 is 0 Å². The number of anilines is 1. The lowest BCUT2D eigenvalue weighted by atomic mass is 10.2. The molecule has 2 aromatic carbocycles. The van der Waals surface area contributed by atoms with Crippen LogP contribution in [0.25, 0.3) is 0 Å². The quantitative estimate of drug-likeness (QED) is 0.668. The fraction of sp³-hybridized carbons (Fsp3) is 0. The van der Waals surface area contributed by atoms with Crippen LogP contribution in [0.2, 0.25) is 20.1 Å². The molecule has 0 saturated heterocycles. The fourth-order valence-corrected chi connectivity index (χ4v) is 2.79. The van der Waals surface area contributed by atoms with Crippen molar-refractivity contribution in [1.82, 2.24) is 5.32 Å². The maximum Gasteiger partial charge on any atom is 0.258 e. The number of hydrogen-bond acceptors (Lipinski definition) is 2. The van der Waals surface area contributed by atoms with Crippen molar-refractivity contribution >= 4 is 75.3 Å². The van der Waals surface area contributed by atoms with E-state index < -0.39 is 5.91 Å². The minimum atomic E-state index is -0.470. The maximum atomic E-state index is 12.1. The number of carbonyl (C=O) groups excluding carboxylic acids is 1. The van der Waals surface area contributed by atoms with Gasteiger partial charge in [-0.05, 0) is 42.5 Å². The second-order valence-electron chi connectivity index (χ2n) is 4.13. The predicted octanol–water partition coefficient (Wildman–Crippen LogP) is 5.43. The molecule has 1 amide bonds. The van der Waals surface area contributed by atoms with Gasteiger partial charge in [-0.3, -0.25) is 10.1 Å². The zero-order valence-electron chi connectivity index (χ0n) is 10.8. The smallest absolute Gasteiger partial charge is 0.258 e. The average molecular weight is 394 g/mol. The van der Waals surface area contributed by atoms with Crippen molar-refractivity contribution in [1.29, 1.82) is 0 Å². The summed E-state index contributed by atoms with van der Waals surface area (Å²) in [7, 11) is 0. The largest absolute Gasteiger partial charge is 0.330 e. The first-order valence-corrected chi connectivity index (χ1v) is 7.82. The molecule has 114 valence electrons. The third-order valence-corrected chi connectivity index (χ3v) is 3.99. The van der Waals surface area contributed by atoms with Gasteiger partial charge in [-0.15, -0.1) is 0 Å². The number of amides is 1. The minimum Gasteiger partial charge on any atom is -0.330 e. The highest BCUT2D eigenvalue weighted by atomic mass is 35.5. The van der Waals surface area contributed by atoms with Crippen LogP contribution in [0.3, 0.4) is 0 Å². The van der Waals surface area contributed by atoms with Crippen LogP contribution in [0.4, 0.5) is 5.69 Å². The Morgan fingerprint density at radius 3 is 2.18 bits per heavy atom. The van der Waals surface area contributed by atoms with E-state index in [1.807, 2.05) is 0 Å². The number of rotatable bonds is 2. The van der Waals surface area contributed by atoms with Crippen molar-refractivity contribution in [2.24, 2.45) is 0 Å². The Kier molecular flexibility index (Phi) is 5.89. The first-order valence-electron chi connectivity index (χ1n) is 5.90. The highest BCUT2D eigenvalue weighted by Gasteiger charge is 2.14. The van der Waals surface area contributed by atoms with Gasteiger partial charge in [0.1, 0.15) is 0 Å². The van der Waals surface area contributed by atoms with Gasteiger partial charge in [0, 0.05) is 5.02 Å². The van der Waals surface area contributed by atoms with Crippen LogP contribution >= 0.6 is 58.6 Å². The second kappa shape index (κ2) is 7.49. The minimum absolute atomic E-state index is 0.0472. The molecule has 2 rings (SSSR count). The van der Waals surface area contributed by atoms with Crippen molar-refractivity contribution in [3.8, 4) is 0 Å². The Balaban J connectivity index is 2.10. The van der Waals surface area contributed by atoms with Gasteiger partial charge in [-0.25, -0.2) is 0 Å². The summed E-state index contributed by atoms with van der Waals surface area (Å²) >= 11 is 28.9. The Morgan fingerprint density at radius 2 is 1.59 bits per heavy atom. The molecule has 0 unspecified atom stereocenters. The molecule has 2 aromatic rings. The molecule has 0 aliphatic heterocycles. The molecule has 0 bridgehead atoms. The zero-order chi connectivity index (χ0) is 16.3. The highest BCUT2D eigenvalue weighted by Crippen LogP contribution is 2.29. The van der Waals surface area contributed by atoms with Crippen LogP contribution in [-0.2, 0) is 0 Å². The summed E-state index contributed by atoms with van der Waals surface area (Å²) in [6, 6.07) is 9.53. The molecule has 8 heteroatoms. The molecular formula is C14H8Cl4N2OS. The molecule has 0 spiro atoms. The molecule has 0 fully saturated rings. The van der Waals surface area contributed by atoms with Gasteiger partial charge in [0.05, 0.1) is 26.3 Å². The molecule has 3 nitrogen and oxygen atoms in total. The van der Waals surface area contributed by atoms with Gasteiger partial charge in [-0.2, -0.15) is 0 Å². The summed E-state index contributed by atoms with van der Waals surface area (Å²) in [5, 5.41) is 6.75. The number of hydrogen-bond donors (Lipinski definition) is 2. The fourth-order valence-electron chi connectivity index (χ4n) is 1.61. The first kappa shape index (κ1) is 17.3. The summed E-state index contributed by atoms with van der Waals surface area (Å²) in [4.78, 5) is 12.1. The van der Waals surface area contributed by atoms with E-state index in [2.05, 4.69) is 10.6 Å². The normalized spacial score (nSPS) is 10.2. The topological polar surface area (TPSA) is 41.1 Å². The molecule has 0 aliphatic rings. The molecule has 0 aliphatic carbocycles.